The van der Waals surface area contributed by atoms with Crippen LogP contribution in [0.2, 0.25) is 0 Å². The second-order valence-electron chi connectivity index (χ2n) is 0.996. The topological polar surface area (TPSA) is 27.7 Å². The van der Waals surface area contributed by atoms with Crippen LogP contribution in [-0.4, -0.2) is 45.4 Å². The number of hydrogen-bond donors (Lipinski definition) is 0. The summed E-state index contributed by atoms with van der Waals surface area (Å²) in [4.78, 5) is 0. The van der Waals surface area contributed by atoms with Crippen LogP contribution in [0.5, 0.6) is 0 Å². The zero-order valence-electron chi connectivity index (χ0n) is 4.80. The van der Waals surface area contributed by atoms with Gasteiger partial charge in [-0.3, -0.25) is 0 Å². The van der Waals surface area contributed by atoms with Crippen molar-refractivity contribution in [1.82, 2.24) is 0 Å². The average molecular weight is 297 g/mol. The van der Waals surface area contributed by atoms with Gasteiger partial charge < -0.3 is 0 Å². The van der Waals surface area contributed by atoms with Gasteiger partial charge in [0, 0.05) is 0 Å². The Bertz CT molecular complexity index is 31.7. The molecule has 3 nitrogen and oxygen atoms in total. The molecule has 0 aliphatic rings. The van der Waals surface area contributed by atoms with Gasteiger partial charge in [-0.2, -0.15) is 0 Å². The maximum atomic E-state index is 4.83. The summed E-state index contributed by atoms with van der Waals surface area (Å²) >= 11 is -2.37. The van der Waals surface area contributed by atoms with E-state index in [1.54, 1.807) is 21.3 Å². The van der Waals surface area contributed by atoms with Gasteiger partial charge in [0.15, 0.2) is 0 Å². The van der Waals surface area contributed by atoms with E-state index in [4.69, 9.17) is 8.06 Å². The molecule has 0 bridgehead atoms. The third kappa shape index (κ3) is 3.39. The Balaban J connectivity index is 2.99. The molecular formula is C3H9O3Tl. The molecule has 0 aromatic rings. The Morgan fingerprint density at radius 2 is 1.14 bits per heavy atom. The molecular weight excluding hydrogens is 288 g/mol. The van der Waals surface area contributed by atoms with Gasteiger partial charge >= 0.3 is 53.5 Å². The van der Waals surface area contributed by atoms with Crippen molar-refractivity contribution in [2.24, 2.45) is 0 Å². The quantitative estimate of drug-likeness (QED) is 0.682. The van der Waals surface area contributed by atoms with Gasteiger partial charge in [-0.25, -0.2) is 0 Å². The van der Waals surface area contributed by atoms with E-state index >= 15 is 0 Å². The van der Waals surface area contributed by atoms with Crippen LogP contribution in [-0.2, 0) is 8.06 Å². The van der Waals surface area contributed by atoms with Crippen LogP contribution in [0.1, 0.15) is 0 Å². The first kappa shape index (κ1) is 7.80. The van der Waals surface area contributed by atoms with E-state index in [9.17, 15) is 0 Å². The molecule has 0 radical (unpaired) electrons. The third-order valence-electron chi connectivity index (χ3n) is 0.577. The molecule has 0 fully saturated rings. The van der Waals surface area contributed by atoms with E-state index < -0.39 is 24.1 Å². The van der Waals surface area contributed by atoms with Gasteiger partial charge in [0.25, 0.3) is 0 Å². The van der Waals surface area contributed by atoms with E-state index in [1.165, 1.54) is 0 Å². The van der Waals surface area contributed by atoms with E-state index in [0.29, 0.717) is 0 Å². The molecule has 0 aliphatic heterocycles. The molecule has 0 saturated carbocycles. The third-order valence-corrected chi connectivity index (χ3v) is 5.07. The van der Waals surface area contributed by atoms with Crippen LogP contribution >= 0.6 is 0 Å². The fraction of sp³-hybridized carbons (Fsp3) is 1.00. The Labute approximate surface area is 53.7 Å². The van der Waals surface area contributed by atoms with Crippen LogP contribution in [0.25, 0.3) is 0 Å². The Kier molecular flexibility index (Phi) is 5.52. The molecule has 0 N–H and O–H groups in total. The Morgan fingerprint density at radius 3 is 1.14 bits per heavy atom. The van der Waals surface area contributed by atoms with Crippen molar-refractivity contribution in [3.63, 3.8) is 0 Å². The summed E-state index contributed by atoms with van der Waals surface area (Å²) in [5.41, 5.74) is 0. The molecule has 0 rings (SSSR count). The first-order chi connectivity index (χ1) is 3.35. The molecule has 0 heterocycles. The van der Waals surface area contributed by atoms with Crippen molar-refractivity contribution in [3.05, 3.63) is 0 Å². The first-order valence-corrected chi connectivity index (χ1v) is 7.43. The monoisotopic (exact) mass is 298 g/mol. The van der Waals surface area contributed by atoms with E-state index in [1.807, 2.05) is 0 Å². The normalized spacial score (nSPS) is 9.00. The molecule has 0 spiro atoms. The molecule has 0 unspecified atom stereocenters. The summed E-state index contributed by atoms with van der Waals surface area (Å²) < 4.78 is 14.5. The Hall–Kier alpha value is 0.802. The van der Waals surface area contributed by atoms with Crippen LogP contribution in [0.15, 0.2) is 0 Å². The molecule has 0 amide bonds. The van der Waals surface area contributed by atoms with Gasteiger partial charge in [0.1, 0.15) is 0 Å². The van der Waals surface area contributed by atoms with E-state index in [-0.39, 0.29) is 0 Å². The van der Waals surface area contributed by atoms with E-state index in [0.717, 1.165) is 0 Å². The maximum absolute atomic E-state index is 4.83. The van der Waals surface area contributed by atoms with Crippen molar-refractivity contribution in [2.75, 3.05) is 21.3 Å². The zero-order valence-corrected chi connectivity index (χ0v) is 9.29. The molecule has 0 aromatic carbocycles. The van der Waals surface area contributed by atoms with Gasteiger partial charge in [-0.15, -0.1) is 0 Å². The second-order valence-corrected chi connectivity index (χ2v) is 8.74. The summed E-state index contributed by atoms with van der Waals surface area (Å²) in [7, 11) is 4.83. The predicted octanol–water partition coefficient (Wildman–Crippen LogP) is -0.0895. The van der Waals surface area contributed by atoms with Crippen molar-refractivity contribution < 1.29 is 8.06 Å². The first-order valence-electron chi connectivity index (χ1n) is 1.93. The molecule has 7 heavy (non-hydrogen) atoms. The summed E-state index contributed by atoms with van der Waals surface area (Å²) in [6.45, 7) is 0. The summed E-state index contributed by atoms with van der Waals surface area (Å²) in [5.74, 6) is 0. The SMILES string of the molecule is C[O][Tl]([O]C)[O]C. The van der Waals surface area contributed by atoms with Gasteiger partial charge in [0.2, 0.25) is 0 Å². The molecule has 4 heteroatoms. The molecule has 0 saturated heterocycles. The number of hydrogen-bond acceptors (Lipinski definition) is 3. The average Bonchev–Trinajstić information content (AvgIpc) is 1.72. The predicted molar refractivity (Wildman–Crippen MR) is 26.8 cm³/mol. The standard InChI is InChI=1S/3CH3O.Tl/c3*1-2;/h3*1H3;/q3*-1;+3. The molecule has 42 valence electrons. The van der Waals surface area contributed by atoms with Crippen molar-refractivity contribution in [2.45, 2.75) is 0 Å². The molecule has 0 atom stereocenters. The zero-order chi connectivity index (χ0) is 5.70. The summed E-state index contributed by atoms with van der Waals surface area (Å²) in [6, 6.07) is 0. The van der Waals surface area contributed by atoms with Gasteiger partial charge in [-0.1, -0.05) is 0 Å². The van der Waals surface area contributed by atoms with Crippen LogP contribution in [0.4, 0.5) is 0 Å². The van der Waals surface area contributed by atoms with Crippen LogP contribution in [0.3, 0.4) is 0 Å². The van der Waals surface area contributed by atoms with Crippen molar-refractivity contribution in [3.8, 4) is 0 Å². The fourth-order valence-corrected chi connectivity index (χ4v) is 2.53. The van der Waals surface area contributed by atoms with Gasteiger partial charge in [0.05, 0.1) is 0 Å². The second kappa shape index (κ2) is 4.95. The summed E-state index contributed by atoms with van der Waals surface area (Å²) in [6.07, 6.45) is 0. The Morgan fingerprint density at radius 1 is 0.857 bits per heavy atom. The van der Waals surface area contributed by atoms with Crippen molar-refractivity contribution in [1.29, 1.82) is 0 Å². The van der Waals surface area contributed by atoms with E-state index in [2.05, 4.69) is 0 Å². The fourth-order valence-electron chi connectivity index (χ4n) is 0.289. The summed E-state index contributed by atoms with van der Waals surface area (Å²) in [5, 5.41) is 0. The minimum atomic E-state index is -2.37. The molecule has 0 aliphatic carbocycles. The minimum absolute atomic E-state index is 1.61. The number of rotatable bonds is 3. The van der Waals surface area contributed by atoms with Crippen molar-refractivity contribution >= 4 is 24.1 Å². The van der Waals surface area contributed by atoms with Crippen LogP contribution in [0, 0.1) is 0 Å². The molecule has 0 aromatic heterocycles. The van der Waals surface area contributed by atoms with Gasteiger partial charge in [-0.05, 0) is 0 Å². The van der Waals surface area contributed by atoms with Crippen LogP contribution < -0.4 is 0 Å².